The van der Waals surface area contributed by atoms with Crippen LogP contribution in [0.3, 0.4) is 0 Å². The number of H-pyrrole nitrogens is 1. The van der Waals surface area contributed by atoms with Gasteiger partial charge in [-0.15, -0.1) is 0 Å². The lowest BCUT2D eigenvalue weighted by molar-refractivity contribution is 0.0387. The molecule has 0 spiro atoms. The van der Waals surface area contributed by atoms with Crippen molar-refractivity contribution in [2.24, 2.45) is 0 Å². The van der Waals surface area contributed by atoms with E-state index in [4.69, 9.17) is 14.2 Å². The largest absolute Gasteiger partial charge is 0.497 e. The van der Waals surface area contributed by atoms with Gasteiger partial charge < -0.3 is 24.5 Å². The van der Waals surface area contributed by atoms with E-state index < -0.39 is 5.97 Å². The fourth-order valence-corrected chi connectivity index (χ4v) is 2.95. The van der Waals surface area contributed by atoms with Crippen LogP contribution in [-0.4, -0.2) is 50.8 Å². The zero-order valence-electron chi connectivity index (χ0n) is 16.9. The van der Waals surface area contributed by atoms with Crippen molar-refractivity contribution in [3.05, 3.63) is 52.3 Å². The Morgan fingerprint density at radius 3 is 2.43 bits per heavy atom. The van der Waals surface area contributed by atoms with Crippen molar-refractivity contribution >= 4 is 11.9 Å². The average Bonchev–Trinajstić information content (AvgIpc) is 3.00. The molecule has 7 nitrogen and oxygen atoms in total. The molecule has 2 N–H and O–H groups in total. The van der Waals surface area contributed by atoms with Crippen molar-refractivity contribution < 1.29 is 23.8 Å². The van der Waals surface area contributed by atoms with Gasteiger partial charge in [0.2, 0.25) is 0 Å². The minimum atomic E-state index is -0.457. The molecule has 0 atom stereocenters. The quantitative estimate of drug-likeness (QED) is 0.483. The predicted octanol–water partition coefficient (Wildman–Crippen LogP) is 2.81. The Labute approximate surface area is 165 Å². The molecule has 1 heterocycles. The molecule has 0 saturated carbocycles. The van der Waals surface area contributed by atoms with Gasteiger partial charge in [0.25, 0.3) is 5.91 Å². The second-order valence-corrected chi connectivity index (χ2v) is 6.46. The minimum absolute atomic E-state index is 0.173. The summed E-state index contributed by atoms with van der Waals surface area (Å²) in [6.07, 6.45) is 1.66. The number of esters is 1. The third-order valence-electron chi connectivity index (χ3n) is 4.48. The number of hydrogen-bond donors (Lipinski definition) is 2. The van der Waals surface area contributed by atoms with Crippen molar-refractivity contribution in [2.45, 2.75) is 26.7 Å². The van der Waals surface area contributed by atoms with Gasteiger partial charge in [-0.05, 0) is 49.9 Å². The van der Waals surface area contributed by atoms with E-state index >= 15 is 0 Å². The van der Waals surface area contributed by atoms with E-state index in [1.54, 1.807) is 21.0 Å². The zero-order valence-corrected chi connectivity index (χ0v) is 16.9. The molecule has 0 aliphatic heterocycles. The zero-order chi connectivity index (χ0) is 20.5. The Balaban J connectivity index is 1.88. The number of rotatable bonds is 10. The number of methoxy groups -OCH3 is 2. The number of aryl methyl sites for hydroxylation is 2. The van der Waals surface area contributed by atoms with Gasteiger partial charge in [0.05, 0.1) is 19.3 Å². The summed E-state index contributed by atoms with van der Waals surface area (Å²) in [6.45, 7) is 4.53. The number of aromatic amines is 1. The van der Waals surface area contributed by atoms with Crippen LogP contribution in [0.5, 0.6) is 5.75 Å². The van der Waals surface area contributed by atoms with E-state index in [0.717, 1.165) is 18.6 Å². The second kappa shape index (κ2) is 10.5. The van der Waals surface area contributed by atoms with Crippen LogP contribution in [0, 0.1) is 13.8 Å². The van der Waals surface area contributed by atoms with E-state index in [1.807, 2.05) is 24.3 Å². The molecule has 0 aliphatic carbocycles. The summed E-state index contributed by atoms with van der Waals surface area (Å²) in [4.78, 5) is 27.7. The normalized spacial score (nSPS) is 10.6. The van der Waals surface area contributed by atoms with Crippen LogP contribution in [-0.2, 0) is 15.9 Å². The first-order valence-electron chi connectivity index (χ1n) is 9.24. The lowest BCUT2D eigenvalue weighted by Crippen LogP contribution is -2.26. The Hall–Kier alpha value is -2.80. The summed E-state index contributed by atoms with van der Waals surface area (Å²) in [7, 11) is 3.18. The van der Waals surface area contributed by atoms with Crippen molar-refractivity contribution in [1.82, 2.24) is 10.3 Å². The molecule has 0 unspecified atom stereocenters. The molecule has 0 fully saturated rings. The van der Waals surface area contributed by atoms with Crippen molar-refractivity contribution in [3.63, 3.8) is 0 Å². The van der Waals surface area contributed by atoms with Crippen LogP contribution in [0.4, 0.5) is 0 Å². The van der Waals surface area contributed by atoms with Gasteiger partial charge in [-0.1, -0.05) is 12.1 Å². The maximum atomic E-state index is 12.5. The average molecular weight is 388 g/mol. The minimum Gasteiger partial charge on any atom is -0.497 e. The maximum absolute atomic E-state index is 12.5. The second-order valence-electron chi connectivity index (χ2n) is 6.46. The highest BCUT2D eigenvalue weighted by atomic mass is 16.6. The first-order valence-corrected chi connectivity index (χ1v) is 9.24. The summed E-state index contributed by atoms with van der Waals surface area (Å²) in [5.74, 6) is 0.138. The summed E-state index contributed by atoms with van der Waals surface area (Å²) in [6, 6.07) is 7.87. The van der Waals surface area contributed by atoms with Gasteiger partial charge in [-0.3, -0.25) is 4.79 Å². The van der Waals surface area contributed by atoms with E-state index in [9.17, 15) is 9.59 Å². The lowest BCUT2D eigenvalue weighted by atomic mass is 10.1. The standard InChI is InChI=1S/C21H28N2O5/c1-14-18(21(25)28-13-12-26-3)15(2)23-19(14)20(24)22-11-5-6-16-7-9-17(27-4)10-8-16/h7-10,23H,5-6,11-13H2,1-4H3,(H,22,24). The number of ether oxygens (including phenoxy) is 3. The van der Waals surface area contributed by atoms with Crippen LogP contribution < -0.4 is 10.1 Å². The number of nitrogens with one attached hydrogen (secondary N) is 2. The van der Waals surface area contributed by atoms with Crippen molar-refractivity contribution in [3.8, 4) is 5.75 Å². The molecule has 7 heteroatoms. The van der Waals surface area contributed by atoms with Crippen LogP contribution in [0.15, 0.2) is 24.3 Å². The van der Waals surface area contributed by atoms with Gasteiger partial charge in [0, 0.05) is 19.3 Å². The van der Waals surface area contributed by atoms with Gasteiger partial charge in [0.15, 0.2) is 0 Å². The molecule has 0 saturated heterocycles. The molecule has 1 aromatic carbocycles. The fraction of sp³-hybridized carbons (Fsp3) is 0.429. The molecule has 0 aliphatic rings. The number of aromatic nitrogens is 1. The highest BCUT2D eigenvalue weighted by Gasteiger charge is 2.22. The van der Waals surface area contributed by atoms with Gasteiger partial charge in [-0.2, -0.15) is 0 Å². The van der Waals surface area contributed by atoms with Crippen molar-refractivity contribution in [1.29, 1.82) is 0 Å². The smallest absolute Gasteiger partial charge is 0.340 e. The first-order chi connectivity index (χ1) is 13.5. The number of hydrogen-bond acceptors (Lipinski definition) is 5. The summed E-state index contributed by atoms with van der Waals surface area (Å²) in [5.41, 5.74) is 3.18. The predicted molar refractivity (Wildman–Crippen MR) is 106 cm³/mol. The number of carbonyl (C=O) groups is 2. The maximum Gasteiger partial charge on any atom is 0.340 e. The van der Waals surface area contributed by atoms with E-state index in [-0.39, 0.29) is 12.5 Å². The number of carbonyl (C=O) groups excluding carboxylic acids is 2. The van der Waals surface area contributed by atoms with E-state index in [2.05, 4.69) is 10.3 Å². The monoisotopic (exact) mass is 388 g/mol. The van der Waals surface area contributed by atoms with E-state index in [1.165, 1.54) is 12.7 Å². The molecule has 28 heavy (non-hydrogen) atoms. The Bertz CT molecular complexity index is 796. The molecular weight excluding hydrogens is 360 g/mol. The Kier molecular flexibility index (Phi) is 8.07. The first kappa shape index (κ1) is 21.5. The summed E-state index contributed by atoms with van der Waals surface area (Å²) >= 11 is 0. The number of benzene rings is 1. The SMILES string of the molecule is COCCOC(=O)c1c(C)[nH]c(C(=O)NCCCc2ccc(OC)cc2)c1C. The lowest BCUT2D eigenvalue weighted by Gasteiger charge is -2.07. The van der Waals surface area contributed by atoms with Crippen LogP contribution in [0.1, 0.15) is 44.1 Å². The molecule has 0 radical (unpaired) electrons. The molecular formula is C21H28N2O5. The molecule has 1 amide bonds. The van der Waals surface area contributed by atoms with Crippen LogP contribution >= 0.6 is 0 Å². The number of amides is 1. The third kappa shape index (κ3) is 5.60. The third-order valence-corrected chi connectivity index (χ3v) is 4.48. The van der Waals surface area contributed by atoms with Crippen LogP contribution in [0.25, 0.3) is 0 Å². The highest BCUT2D eigenvalue weighted by Crippen LogP contribution is 2.19. The molecule has 2 rings (SSSR count). The van der Waals surface area contributed by atoms with Gasteiger partial charge >= 0.3 is 5.97 Å². The highest BCUT2D eigenvalue weighted by molar-refractivity contribution is 6.00. The topological polar surface area (TPSA) is 89.7 Å². The molecule has 2 aromatic rings. The van der Waals surface area contributed by atoms with Gasteiger partial charge in [-0.25, -0.2) is 4.79 Å². The fourth-order valence-electron chi connectivity index (χ4n) is 2.95. The molecule has 152 valence electrons. The van der Waals surface area contributed by atoms with Crippen molar-refractivity contribution in [2.75, 3.05) is 34.0 Å². The summed E-state index contributed by atoms with van der Waals surface area (Å²) < 4.78 is 15.2. The van der Waals surface area contributed by atoms with E-state index in [0.29, 0.717) is 35.7 Å². The van der Waals surface area contributed by atoms with Gasteiger partial charge in [0.1, 0.15) is 18.1 Å². The summed E-state index contributed by atoms with van der Waals surface area (Å²) in [5, 5.41) is 2.90. The molecule has 0 bridgehead atoms. The Morgan fingerprint density at radius 1 is 1.07 bits per heavy atom. The Morgan fingerprint density at radius 2 is 1.79 bits per heavy atom. The van der Waals surface area contributed by atoms with Crippen LogP contribution in [0.2, 0.25) is 0 Å². The molecule has 1 aromatic heterocycles.